The minimum Gasteiger partial charge on any atom is -0.348 e. The lowest BCUT2D eigenvalue weighted by molar-refractivity contribution is 0.0938. The lowest BCUT2D eigenvalue weighted by Crippen LogP contribution is -2.36. The van der Waals surface area contributed by atoms with E-state index in [1.54, 1.807) is 6.07 Å². The molecule has 0 radical (unpaired) electrons. The zero-order valence-corrected chi connectivity index (χ0v) is 10.9. The number of hydrogen-bond acceptors (Lipinski definition) is 2. The minimum absolute atomic E-state index is 0.0229. The summed E-state index contributed by atoms with van der Waals surface area (Å²) in [6.07, 6.45) is 1.02. The van der Waals surface area contributed by atoms with Crippen molar-refractivity contribution in [1.82, 2.24) is 10.2 Å². The number of carbonyl (C=O) groups is 1. The Morgan fingerprint density at radius 1 is 1.53 bits per heavy atom. The molecular weight excluding hydrogens is 236 g/mol. The van der Waals surface area contributed by atoms with Crippen LogP contribution in [0.4, 0.5) is 0 Å². The van der Waals surface area contributed by atoms with Gasteiger partial charge in [0.2, 0.25) is 0 Å². The van der Waals surface area contributed by atoms with Crippen molar-refractivity contribution in [2.45, 2.75) is 19.4 Å². The maximum absolute atomic E-state index is 12.1. The molecule has 3 nitrogen and oxygen atoms in total. The van der Waals surface area contributed by atoms with E-state index in [0.29, 0.717) is 10.6 Å². The molecule has 0 aromatic heterocycles. The van der Waals surface area contributed by atoms with E-state index in [9.17, 15) is 4.79 Å². The fourth-order valence-corrected chi connectivity index (χ4v) is 2.34. The Morgan fingerprint density at radius 3 is 2.94 bits per heavy atom. The van der Waals surface area contributed by atoms with E-state index in [-0.39, 0.29) is 11.9 Å². The fraction of sp³-hybridized carbons (Fsp3) is 0.462. The molecule has 1 aliphatic rings. The fourth-order valence-electron chi connectivity index (χ4n) is 2.17. The van der Waals surface area contributed by atoms with Crippen LogP contribution in [0.2, 0.25) is 5.02 Å². The zero-order valence-electron chi connectivity index (χ0n) is 10.2. The molecule has 1 saturated heterocycles. The van der Waals surface area contributed by atoms with E-state index in [4.69, 9.17) is 11.6 Å². The predicted octanol–water partition coefficient (Wildman–Crippen LogP) is 2.08. The number of likely N-dealkylation sites (tertiary alicyclic amines) is 1. The second kappa shape index (κ2) is 5.07. The van der Waals surface area contributed by atoms with Crippen LogP contribution in [-0.4, -0.2) is 37.0 Å². The van der Waals surface area contributed by atoms with Gasteiger partial charge in [0, 0.05) is 23.2 Å². The van der Waals surface area contributed by atoms with Gasteiger partial charge in [0.25, 0.3) is 5.91 Å². The van der Waals surface area contributed by atoms with Crippen LogP contribution in [-0.2, 0) is 0 Å². The first-order valence-electron chi connectivity index (χ1n) is 5.82. The normalized spacial score (nSPS) is 20.5. The second-order valence-electron chi connectivity index (χ2n) is 4.63. The molecule has 17 heavy (non-hydrogen) atoms. The summed E-state index contributed by atoms with van der Waals surface area (Å²) in [5.74, 6) is -0.0229. The number of hydrogen-bond donors (Lipinski definition) is 1. The molecule has 0 spiro atoms. The molecule has 1 atom stereocenters. The number of amides is 1. The monoisotopic (exact) mass is 252 g/mol. The summed E-state index contributed by atoms with van der Waals surface area (Å²) in [6, 6.07) is 5.68. The van der Waals surface area contributed by atoms with Crippen molar-refractivity contribution in [1.29, 1.82) is 0 Å². The van der Waals surface area contributed by atoms with Crippen LogP contribution in [0.1, 0.15) is 22.3 Å². The minimum atomic E-state index is -0.0229. The molecule has 1 aliphatic heterocycles. The van der Waals surface area contributed by atoms with Crippen LogP contribution in [0.3, 0.4) is 0 Å². The summed E-state index contributed by atoms with van der Waals surface area (Å²) >= 11 is 6.01. The Balaban J connectivity index is 2.07. The highest BCUT2D eigenvalue weighted by Crippen LogP contribution is 2.19. The quantitative estimate of drug-likeness (QED) is 0.874. The van der Waals surface area contributed by atoms with Crippen molar-refractivity contribution < 1.29 is 4.79 Å². The van der Waals surface area contributed by atoms with Gasteiger partial charge in [-0.15, -0.1) is 0 Å². The average molecular weight is 253 g/mol. The molecule has 0 saturated carbocycles. The van der Waals surface area contributed by atoms with Crippen LogP contribution in [0.25, 0.3) is 0 Å². The molecule has 92 valence electrons. The molecule has 1 fully saturated rings. The maximum atomic E-state index is 12.1. The van der Waals surface area contributed by atoms with E-state index in [0.717, 1.165) is 25.1 Å². The summed E-state index contributed by atoms with van der Waals surface area (Å²) in [5, 5.41) is 3.69. The first kappa shape index (κ1) is 12.4. The van der Waals surface area contributed by atoms with E-state index in [1.807, 2.05) is 19.1 Å². The predicted molar refractivity (Wildman–Crippen MR) is 69.6 cm³/mol. The van der Waals surface area contributed by atoms with Gasteiger partial charge in [0.15, 0.2) is 0 Å². The SMILES string of the molecule is Cc1c(Cl)cccc1C(=O)NC1CCN(C)C1. The van der Waals surface area contributed by atoms with Crippen LogP contribution < -0.4 is 5.32 Å². The summed E-state index contributed by atoms with van der Waals surface area (Å²) in [5.41, 5.74) is 1.52. The highest BCUT2D eigenvalue weighted by molar-refractivity contribution is 6.31. The van der Waals surface area contributed by atoms with Crippen molar-refractivity contribution >= 4 is 17.5 Å². The van der Waals surface area contributed by atoms with Gasteiger partial charge in [0.05, 0.1) is 0 Å². The molecule has 0 aliphatic carbocycles. The third-order valence-corrected chi connectivity index (χ3v) is 3.65. The van der Waals surface area contributed by atoms with Crippen molar-refractivity contribution in [3.05, 3.63) is 34.3 Å². The molecule has 1 aromatic carbocycles. The Labute approximate surface area is 107 Å². The molecular formula is C13H17ClN2O. The molecule has 1 heterocycles. The third kappa shape index (κ3) is 2.79. The van der Waals surface area contributed by atoms with Gasteiger partial charge in [-0.05, 0) is 44.6 Å². The van der Waals surface area contributed by atoms with Crippen molar-refractivity contribution in [2.75, 3.05) is 20.1 Å². The lowest BCUT2D eigenvalue weighted by Gasteiger charge is -2.14. The Hall–Kier alpha value is -1.06. The van der Waals surface area contributed by atoms with Crippen LogP contribution in [0.5, 0.6) is 0 Å². The number of halogens is 1. The summed E-state index contributed by atoms with van der Waals surface area (Å²) < 4.78 is 0. The van der Waals surface area contributed by atoms with E-state index in [1.165, 1.54) is 0 Å². The van der Waals surface area contributed by atoms with Gasteiger partial charge in [-0.25, -0.2) is 0 Å². The van der Waals surface area contributed by atoms with E-state index < -0.39 is 0 Å². The van der Waals surface area contributed by atoms with Crippen LogP contribution >= 0.6 is 11.6 Å². The Bertz CT molecular complexity index is 433. The molecule has 1 unspecified atom stereocenters. The van der Waals surface area contributed by atoms with Gasteiger partial charge < -0.3 is 10.2 Å². The standard InChI is InChI=1S/C13H17ClN2O/c1-9-11(4-3-5-12(9)14)13(17)15-10-6-7-16(2)8-10/h3-5,10H,6-8H2,1-2H3,(H,15,17). The molecule has 2 rings (SSSR count). The highest BCUT2D eigenvalue weighted by Gasteiger charge is 2.22. The van der Waals surface area contributed by atoms with Gasteiger partial charge >= 0.3 is 0 Å². The van der Waals surface area contributed by atoms with Gasteiger partial charge in [-0.1, -0.05) is 17.7 Å². The molecule has 4 heteroatoms. The van der Waals surface area contributed by atoms with Crippen molar-refractivity contribution in [3.8, 4) is 0 Å². The molecule has 1 N–H and O–H groups in total. The number of nitrogens with zero attached hydrogens (tertiary/aromatic N) is 1. The summed E-state index contributed by atoms with van der Waals surface area (Å²) in [6.45, 7) is 3.84. The van der Waals surface area contributed by atoms with Gasteiger partial charge in [0.1, 0.15) is 0 Å². The summed E-state index contributed by atoms with van der Waals surface area (Å²) in [4.78, 5) is 14.3. The second-order valence-corrected chi connectivity index (χ2v) is 5.04. The lowest BCUT2D eigenvalue weighted by atomic mass is 10.1. The highest BCUT2D eigenvalue weighted by atomic mass is 35.5. The number of rotatable bonds is 2. The topological polar surface area (TPSA) is 32.3 Å². The average Bonchev–Trinajstić information content (AvgIpc) is 2.68. The van der Waals surface area contributed by atoms with Crippen molar-refractivity contribution in [3.63, 3.8) is 0 Å². The van der Waals surface area contributed by atoms with E-state index in [2.05, 4.69) is 17.3 Å². The summed E-state index contributed by atoms with van der Waals surface area (Å²) in [7, 11) is 2.07. The van der Waals surface area contributed by atoms with Gasteiger partial charge in [-0.3, -0.25) is 4.79 Å². The number of nitrogens with one attached hydrogen (secondary N) is 1. The molecule has 1 aromatic rings. The van der Waals surface area contributed by atoms with Crippen molar-refractivity contribution in [2.24, 2.45) is 0 Å². The number of carbonyl (C=O) groups excluding carboxylic acids is 1. The smallest absolute Gasteiger partial charge is 0.251 e. The van der Waals surface area contributed by atoms with Crippen LogP contribution in [0, 0.1) is 6.92 Å². The third-order valence-electron chi connectivity index (χ3n) is 3.24. The first-order chi connectivity index (χ1) is 8.08. The van der Waals surface area contributed by atoms with Gasteiger partial charge in [-0.2, -0.15) is 0 Å². The largest absolute Gasteiger partial charge is 0.348 e. The van der Waals surface area contributed by atoms with Crippen LogP contribution in [0.15, 0.2) is 18.2 Å². The first-order valence-corrected chi connectivity index (χ1v) is 6.20. The Kier molecular flexibility index (Phi) is 3.69. The number of likely N-dealkylation sites (N-methyl/N-ethyl adjacent to an activating group) is 1. The molecule has 1 amide bonds. The Morgan fingerprint density at radius 2 is 2.29 bits per heavy atom. The number of benzene rings is 1. The zero-order chi connectivity index (χ0) is 12.4. The maximum Gasteiger partial charge on any atom is 0.251 e. The molecule has 0 bridgehead atoms. The van der Waals surface area contributed by atoms with E-state index >= 15 is 0 Å².